The molecule has 3 N–H and O–H groups in total. The number of amides is 1. The fraction of sp³-hybridized carbons (Fsp3) is 0.300. The molecule has 0 spiro atoms. The molecular formula is C10H13ClN2O. The predicted molar refractivity (Wildman–Crippen MR) is 57.2 cm³/mol. The zero-order valence-corrected chi connectivity index (χ0v) is 8.93. The summed E-state index contributed by atoms with van der Waals surface area (Å²) in [5, 5.41) is 3.47. The number of halogens is 1. The van der Waals surface area contributed by atoms with Gasteiger partial charge in [0.15, 0.2) is 0 Å². The fourth-order valence-corrected chi connectivity index (χ4v) is 1.45. The van der Waals surface area contributed by atoms with Crippen LogP contribution in [-0.4, -0.2) is 13.0 Å². The molecule has 1 unspecified atom stereocenters. The number of nitrogens with one attached hydrogen (secondary N) is 1. The van der Waals surface area contributed by atoms with Crippen LogP contribution in [0.3, 0.4) is 0 Å². The zero-order valence-electron chi connectivity index (χ0n) is 8.17. The lowest BCUT2D eigenvalue weighted by atomic mass is 10.0. The van der Waals surface area contributed by atoms with Gasteiger partial charge in [0.05, 0.1) is 0 Å². The SMILES string of the molecule is CNC(C(N)=O)c1ccc(C)c(Cl)c1. The van der Waals surface area contributed by atoms with Crippen molar-refractivity contribution in [3.05, 3.63) is 34.3 Å². The molecule has 0 saturated heterocycles. The Hall–Kier alpha value is -1.06. The highest BCUT2D eigenvalue weighted by atomic mass is 35.5. The van der Waals surface area contributed by atoms with Crippen LogP contribution in [0.1, 0.15) is 17.2 Å². The monoisotopic (exact) mass is 212 g/mol. The van der Waals surface area contributed by atoms with Crippen LogP contribution >= 0.6 is 11.6 Å². The molecule has 0 aromatic heterocycles. The molecule has 0 aliphatic heterocycles. The molecule has 1 amide bonds. The van der Waals surface area contributed by atoms with Gasteiger partial charge in [-0.3, -0.25) is 4.79 Å². The van der Waals surface area contributed by atoms with Crippen LogP contribution in [0.2, 0.25) is 5.02 Å². The van der Waals surface area contributed by atoms with Crippen LogP contribution in [0.5, 0.6) is 0 Å². The number of hydrogen-bond donors (Lipinski definition) is 2. The van der Waals surface area contributed by atoms with Gasteiger partial charge < -0.3 is 11.1 Å². The lowest BCUT2D eigenvalue weighted by molar-refractivity contribution is -0.120. The van der Waals surface area contributed by atoms with Crippen LogP contribution in [0, 0.1) is 6.92 Å². The van der Waals surface area contributed by atoms with Gasteiger partial charge in [0.2, 0.25) is 5.91 Å². The maximum atomic E-state index is 11.0. The van der Waals surface area contributed by atoms with Crippen molar-refractivity contribution in [3.8, 4) is 0 Å². The Labute approximate surface area is 88.2 Å². The molecule has 0 bridgehead atoms. The molecule has 76 valence electrons. The third-order valence-electron chi connectivity index (χ3n) is 2.10. The summed E-state index contributed by atoms with van der Waals surface area (Å²) < 4.78 is 0. The van der Waals surface area contributed by atoms with Gasteiger partial charge in [0, 0.05) is 5.02 Å². The van der Waals surface area contributed by atoms with Crippen molar-refractivity contribution >= 4 is 17.5 Å². The number of carbonyl (C=O) groups is 1. The highest BCUT2D eigenvalue weighted by Crippen LogP contribution is 2.20. The maximum absolute atomic E-state index is 11.0. The average molecular weight is 213 g/mol. The zero-order chi connectivity index (χ0) is 10.7. The standard InChI is InChI=1S/C10H13ClN2O/c1-6-3-4-7(5-8(6)11)9(13-2)10(12)14/h3-5,9,13H,1-2H3,(H2,12,14). The number of likely N-dealkylation sites (N-methyl/N-ethyl adjacent to an activating group) is 1. The van der Waals surface area contributed by atoms with Gasteiger partial charge in [-0.1, -0.05) is 23.7 Å². The van der Waals surface area contributed by atoms with Crippen LogP contribution in [0.4, 0.5) is 0 Å². The van der Waals surface area contributed by atoms with E-state index in [1.807, 2.05) is 19.1 Å². The molecule has 4 heteroatoms. The lowest BCUT2D eigenvalue weighted by Crippen LogP contribution is -2.31. The van der Waals surface area contributed by atoms with Gasteiger partial charge in [-0.2, -0.15) is 0 Å². The Bertz CT molecular complexity index is 352. The molecule has 1 atom stereocenters. The van der Waals surface area contributed by atoms with Crippen molar-refractivity contribution in [2.75, 3.05) is 7.05 Å². The molecule has 3 nitrogen and oxygen atoms in total. The molecule has 1 rings (SSSR count). The summed E-state index contributed by atoms with van der Waals surface area (Å²) in [4.78, 5) is 11.0. The topological polar surface area (TPSA) is 55.1 Å². The smallest absolute Gasteiger partial charge is 0.239 e. The third-order valence-corrected chi connectivity index (χ3v) is 2.51. The van der Waals surface area contributed by atoms with Gasteiger partial charge in [0.1, 0.15) is 6.04 Å². The lowest BCUT2D eigenvalue weighted by Gasteiger charge is -2.13. The maximum Gasteiger partial charge on any atom is 0.239 e. The van der Waals surface area contributed by atoms with E-state index in [9.17, 15) is 4.79 Å². The highest BCUT2D eigenvalue weighted by Gasteiger charge is 2.15. The minimum Gasteiger partial charge on any atom is -0.368 e. The largest absolute Gasteiger partial charge is 0.368 e. The highest BCUT2D eigenvalue weighted by molar-refractivity contribution is 6.31. The van der Waals surface area contributed by atoms with Gasteiger partial charge in [0.25, 0.3) is 0 Å². The molecule has 14 heavy (non-hydrogen) atoms. The summed E-state index contributed by atoms with van der Waals surface area (Å²) in [6, 6.07) is 4.98. The summed E-state index contributed by atoms with van der Waals surface area (Å²) in [6.45, 7) is 1.91. The summed E-state index contributed by atoms with van der Waals surface area (Å²) in [5.74, 6) is -0.410. The van der Waals surface area contributed by atoms with E-state index in [1.165, 1.54) is 0 Å². The van der Waals surface area contributed by atoms with E-state index >= 15 is 0 Å². The van der Waals surface area contributed by atoms with Gasteiger partial charge >= 0.3 is 0 Å². The van der Waals surface area contributed by atoms with Crippen molar-refractivity contribution in [3.63, 3.8) is 0 Å². The Morgan fingerprint density at radius 1 is 1.57 bits per heavy atom. The van der Waals surface area contributed by atoms with Crippen LogP contribution < -0.4 is 11.1 Å². The normalized spacial score (nSPS) is 12.5. The molecule has 0 radical (unpaired) electrons. The molecule has 0 fully saturated rings. The summed E-state index contributed by atoms with van der Waals surface area (Å²) in [7, 11) is 1.68. The van der Waals surface area contributed by atoms with E-state index in [1.54, 1.807) is 13.1 Å². The molecule has 0 heterocycles. The minimum atomic E-state index is -0.479. The van der Waals surface area contributed by atoms with E-state index in [2.05, 4.69) is 5.32 Å². The molecule has 0 saturated carbocycles. The van der Waals surface area contributed by atoms with E-state index in [0.717, 1.165) is 11.1 Å². The van der Waals surface area contributed by atoms with Gasteiger partial charge in [-0.25, -0.2) is 0 Å². The van der Waals surface area contributed by atoms with E-state index < -0.39 is 11.9 Å². The van der Waals surface area contributed by atoms with Crippen molar-refractivity contribution in [2.24, 2.45) is 5.73 Å². The average Bonchev–Trinajstić information content (AvgIpc) is 2.11. The van der Waals surface area contributed by atoms with Crippen LogP contribution in [0.25, 0.3) is 0 Å². The van der Waals surface area contributed by atoms with E-state index in [-0.39, 0.29) is 0 Å². The number of aryl methyl sites for hydroxylation is 1. The Morgan fingerprint density at radius 3 is 2.64 bits per heavy atom. The quantitative estimate of drug-likeness (QED) is 0.796. The van der Waals surface area contributed by atoms with Crippen molar-refractivity contribution in [1.82, 2.24) is 5.32 Å². The number of hydrogen-bond acceptors (Lipinski definition) is 2. The summed E-state index contributed by atoms with van der Waals surface area (Å²) >= 11 is 5.94. The third kappa shape index (κ3) is 2.25. The second-order valence-corrected chi connectivity index (χ2v) is 3.54. The first-order valence-corrected chi connectivity index (χ1v) is 4.66. The molecule has 1 aromatic carbocycles. The first kappa shape index (κ1) is 11.0. The molecule has 0 aliphatic rings. The molecular weight excluding hydrogens is 200 g/mol. The van der Waals surface area contributed by atoms with E-state index in [4.69, 9.17) is 17.3 Å². The molecule has 0 aliphatic carbocycles. The van der Waals surface area contributed by atoms with Gasteiger partial charge in [-0.05, 0) is 31.2 Å². The van der Waals surface area contributed by atoms with Crippen molar-refractivity contribution in [1.29, 1.82) is 0 Å². The second kappa shape index (κ2) is 4.44. The summed E-state index contributed by atoms with van der Waals surface area (Å²) in [6.07, 6.45) is 0. The minimum absolute atomic E-state index is 0.410. The van der Waals surface area contributed by atoms with E-state index in [0.29, 0.717) is 5.02 Å². The number of primary amides is 1. The number of carbonyl (C=O) groups excluding carboxylic acids is 1. The van der Waals surface area contributed by atoms with Crippen LogP contribution in [0.15, 0.2) is 18.2 Å². The number of rotatable bonds is 3. The Balaban J connectivity index is 3.06. The molecule has 1 aromatic rings. The number of nitrogens with two attached hydrogens (primary N) is 1. The first-order chi connectivity index (χ1) is 6.56. The van der Waals surface area contributed by atoms with Crippen molar-refractivity contribution in [2.45, 2.75) is 13.0 Å². The first-order valence-electron chi connectivity index (χ1n) is 4.29. The Kier molecular flexibility index (Phi) is 3.49. The predicted octanol–water partition coefficient (Wildman–Crippen LogP) is 1.39. The summed E-state index contributed by atoms with van der Waals surface area (Å²) in [5.41, 5.74) is 6.99. The van der Waals surface area contributed by atoms with Crippen LogP contribution in [-0.2, 0) is 4.79 Å². The second-order valence-electron chi connectivity index (χ2n) is 3.13. The Morgan fingerprint density at radius 2 is 2.21 bits per heavy atom. The van der Waals surface area contributed by atoms with Crippen molar-refractivity contribution < 1.29 is 4.79 Å². The number of benzene rings is 1. The fourth-order valence-electron chi connectivity index (χ4n) is 1.26. The van der Waals surface area contributed by atoms with Gasteiger partial charge in [-0.15, -0.1) is 0 Å².